The zero-order chi connectivity index (χ0) is 17.6. The Bertz CT molecular complexity index is 744. The van der Waals surface area contributed by atoms with Crippen LogP contribution < -0.4 is 14.8 Å². The number of hydrogen-bond acceptors (Lipinski definition) is 6. The lowest BCUT2D eigenvalue weighted by Crippen LogP contribution is -2.30. The van der Waals surface area contributed by atoms with E-state index in [1.807, 2.05) is 35.7 Å². The van der Waals surface area contributed by atoms with E-state index in [-0.39, 0.29) is 31.1 Å². The highest BCUT2D eigenvalue weighted by Gasteiger charge is 2.20. The number of nitrogens with one attached hydrogen (secondary N) is 1. The third-order valence-electron chi connectivity index (χ3n) is 3.90. The van der Waals surface area contributed by atoms with Crippen LogP contribution in [0.1, 0.15) is 29.3 Å². The molecule has 1 unspecified atom stereocenters. The lowest BCUT2D eigenvalue weighted by molar-refractivity contribution is -0.141. The molecular formula is C18H19NO5S. The Morgan fingerprint density at radius 3 is 2.88 bits per heavy atom. The van der Waals surface area contributed by atoms with Gasteiger partial charge in [0.15, 0.2) is 11.5 Å². The van der Waals surface area contributed by atoms with Crippen molar-refractivity contribution in [1.29, 1.82) is 0 Å². The maximum Gasteiger partial charge on any atom is 0.307 e. The fraction of sp³-hybridized carbons (Fsp3) is 0.333. The van der Waals surface area contributed by atoms with E-state index in [9.17, 15) is 9.59 Å². The summed E-state index contributed by atoms with van der Waals surface area (Å²) in [5.41, 5.74) is 1.00. The summed E-state index contributed by atoms with van der Waals surface area (Å²) in [5, 5.41) is 4.84. The molecule has 0 fully saturated rings. The van der Waals surface area contributed by atoms with Crippen molar-refractivity contribution in [1.82, 2.24) is 5.32 Å². The van der Waals surface area contributed by atoms with E-state index < -0.39 is 0 Å². The largest absolute Gasteiger partial charge is 0.469 e. The van der Waals surface area contributed by atoms with E-state index in [4.69, 9.17) is 14.2 Å². The summed E-state index contributed by atoms with van der Waals surface area (Å²) in [7, 11) is 1.34. The molecule has 3 rings (SSSR count). The summed E-state index contributed by atoms with van der Waals surface area (Å²) in [6.07, 6.45) is 1.02. The van der Waals surface area contributed by atoms with Gasteiger partial charge in [-0.3, -0.25) is 9.59 Å². The van der Waals surface area contributed by atoms with Gasteiger partial charge >= 0.3 is 5.97 Å². The Hall–Kier alpha value is -2.54. The summed E-state index contributed by atoms with van der Waals surface area (Å²) < 4.78 is 15.3. The minimum Gasteiger partial charge on any atom is -0.469 e. The van der Waals surface area contributed by atoms with Crippen molar-refractivity contribution in [3.8, 4) is 11.5 Å². The molecule has 0 bridgehead atoms. The van der Waals surface area contributed by atoms with Crippen LogP contribution in [0.2, 0.25) is 0 Å². The molecule has 0 spiro atoms. The average molecular weight is 361 g/mol. The molecular weight excluding hydrogens is 342 g/mol. The normalized spacial score (nSPS) is 13.3. The molecule has 2 aromatic rings. The SMILES string of the molecule is COC(=O)CC(NC(=O)CCc1ccc2c(c1)OCO2)c1cccs1. The van der Waals surface area contributed by atoms with Crippen molar-refractivity contribution in [3.05, 3.63) is 46.2 Å². The molecule has 0 saturated carbocycles. The molecule has 2 heterocycles. The number of fused-ring (bicyclic) bond motifs is 1. The fourth-order valence-electron chi connectivity index (χ4n) is 2.58. The Kier molecular flexibility index (Phi) is 5.55. The van der Waals surface area contributed by atoms with Gasteiger partial charge in [0.25, 0.3) is 0 Å². The minimum absolute atomic E-state index is 0.111. The molecule has 1 atom stereocenters. The highest BCUT2D eigenvalue weighted by atomic mass is 32.1. The number of esters is 1. The van der Waals surface area contributed by atoms with E-state index in [0.717, 1.165) is 16.2 Å². The molecule has 0 aliphatic carbocycles. The third kappa shape index (κ3) is 4.51. The van der Waals surface area contributed by atoms with E-state index in [2.05, 4.69) is 5.32 Å². The quantitative estimate of drug-likeness (QED) is 0.768. The number of hydrogen-bond donors (Lipinski definition) is 1. The van der Waals surface area contributed by atoms with Gasteiger partial charge in [-0.05, 0) is 35.6 Å². The lowest BCUT2D eigenvalue weighted by atomic mass is 10.1. The van der Waals surface area contributed by atoms with Crippen LogP contribution in [0.3, 0.4) is 0 Å². The summed E-state index contributed by atoms with van der Waals surface area (Å²) in [5.74, 6) is 0.971. The van der Waals surface area contributed by atoms with Crippen molar-refractivity contribution in [2.24, 2.45) is 0 Å². The van der Waals surface area contributed by atoms with Crippen molar-refractivity contribution in [2.75, 3.05) is 13.9 Å². The molecule has 1 N–H and O–H groups in total. The Morgan fingerprint density at radius 2 is 2.12 bits per heavy atom. The predicted octanol–water partition coefficient (Wildman–Crippen LogP) is 2.83. The van der Waals surface area contributed by atoms with Gasteiger partial charge in [0.1, 0.15) is 0 Å². The molecule has 0 radical (unpaired) electrons. The van der Waals surface area contributed by atoms with Crippen LogP contribution in [0.4, 0.5) is 0 Å². The Balaban J connectivity index is 1.57. The van der Waals surface area contributed by atoms with Gasteiger partial charge in [-0.1, -0.05) is 12.1 Å². The molecule has 25 heavy (non-hydrogen) atoms. The van der Waals surface area contributed by atoms with Crippen molar-refractivity contribution in [2.45, 2.75) is 25.3 Å². The lowest BCUT2D eigenvalue weighted by Gasteiger charge is -2.16. The number of thiophene rings is 1. The molecule has 1 aromatic heterocycles. The van der Waals surface area contributed by atoms with Crippen molar-refractivity contribution >= 4 is 23.2 Å². The molecule has 1 aliphatic heterocycles. The first-order chi connectivity index (χ1) is 12.2. The molecule has 6 nitrogen and oxygen atoms in total. The van der Waals surface area contributed by atoms with Crippen LogP contribution >= 0.6 is 11.3 Å². The second-order valence-electron chi connectivity index (χ2n) is 5.60. The van der Waals surface area contributed by atoms with Crippen LogP contribution in [-0.2, 0) is 20.7 Å². The maximum atomic E-state index is 12.3. The number of aryl methyl sites for hydroxylation is 1. The van der Waals surface area contributed by atoms with Crippen LogP contribution in [0.5, 0.6) is 11.5 Å². The first kappa shape index (κ1) is 17.3. The third-order valence-corrected chi connectivity index (χ3v) is 4.88. The number of carbonyl (C=O) groups excluding carboxylic acids is 2. The number of methoxy groups -OCH3 is 1. The summed E-state index contributed by atoms with van der Waals surface area (Å²) in [6, 6.07) is 9.09. The highest BCUT2D eigenvalue weighted by molar-refractivity contribution is 7.10. The predicted molar refractivity (Wildman–Crippen MR) is 92.7 cm³/mol. The van der Waals surface area contributed by atoms with Gasteiger partial charge in [0, 0.05) is 11.3 Å². The molecule has 1 aliphatic rings. The van der Waals surface area contributed by atoms with E-state index in [1.165, 1.54) is 18.4 Å². The van der Waals surface area contributed by atoms with Crippen molar-refractivity contribution < 1.29 is 23.8 Å². The maximum absolute atomic E-state index is 12.3. The second-order valence-corrected chi connectivity index (χ2v) is 6.58. The topological polar surface area (TPSA) is 73.9 Å². The van der Waals surface area contributed by atoms with Crippen LogP contribution in [0, 0.1) is 0 Å². The average Bonchev–Trinajstić information content (AvgIpc) is 3.30. The zero-order valence-corrected chi connectivity index (χ0v) is 14.6. The Labute approximate surface area is 149 Å². The van der Waals surface area contributed by atoms with E-state index >= 15 is 0 Å². The van der Waals surface area contributed by atoms with Gasteiger partial charge in [-0.25, -0.2) is 0 Å². The van der Waals surface area contributed by atoms with Crippen LogP contribution in [0.25, 0.3) is 0 Å². The van der Waals surface area contributed by atoms with Gasteiger partial charge in [0.2, 0.25) is 12.7 Å². The number of rotatable bonds is 7. The number of ether oxygens (including phenoxy) is 3. The van der Waals surface area contributed by atoms with Crippen molar-refractivity contribution in [3.63, 3.8) is 0 Å². The zero-order valence-electron chi connectivity index (χ0n) is 13.8. The summed E-state index contributed by atoms with van der Waals surface area (Å²) in [6.45, 7) is 0.231. The standard InChI is InChI=1S/C18H19NO5S/c1-22-18(21)10-13(16-3-2-8-25-16)19-17(20)7-5-12-4-6-14-15(9-12)24-11-23-14/h2-4,6,8-9,13H,5,7,10-11H2,1H3,(H,19,20). The second kappa shape index (κ2) is 8.02. The first-order valence-corrected chi connectivity index (χ1v) is 8.82. The monoisotopic (exact) mass is 361 g/mol. The van der Waals surface area contributed by atoms with Gasteiger partial charge in [-0.2, -0.15) is 0 Å². The molecule has 7 heteroatoms. The molecule has 132 valence electrons. The summed E-state index contributed by atoms with van der Waals surface area (Å²) in [4.78, 5) is 24.8. The fourth-order valence-corrected chi connectivity index (χ4v) is 3.36. The summed E-state index contributed by atoms with van der Waals surface area (Å²) >= 11 is 1.50. The highest BCUT2D eigenvalue weighted by Crippen LogP contribution is 2.32. The minimum atomic E-state index is -0.364. The van der Waals surface area contributed by atoms with Gasteiger partial charge in [-0.15, -0.1) is 11.3 Å². The van der Waals surface area contributed by atoms with Gasteiger partial charge < -0.3 is 19.5 Å². The van der Waals surface area contributed by atoms with Crippen LogP contribution in [0.15, 0.2) is 35.7 Å². The van der Waals surface area contributed by atoms with Crippen LogP contribution in [-0.4, -0.2) is 25.8 Å². The van der Waals surface area contributed by atoms with E-state index in [0.29, 0.717) is 18.6 Å². The van der Waals surface area contributed by atoms with Gasteiger partial charge in [0.05, 0.1) is 19.6 Å². The Morgan fingerprint density at radius 1 is 1.28 bits per heavy atom. The number of carbonyl (C=O) groups is 2. The first-order valence-electron chi connectivity index (χ1n) is 7.94. The molecule has 1 amide bonds. The smallest absolute Gasteiger partial charge is 0.307 e. The number of amides is 1. The number of benzene rings is 1. The molecule has 0 saturated heterocycles. The van der Waals surface area contributed by atoms with E-state index in [1.54, 1.807) is 0 Å². The molecule has 1 aromatic carbocycles.